The van der Waals surface area contributed by atoms with Gasteiger partial charge in [-0.3, -0.25) is 4.98 Å². The molecule has 0 unspecified atom stereocenters. The minimum Gasteiger partial charge on any atom is -0.450 e. The Balaban J connectivity index is 0. The third-order valence-corrected chi connectivity index (χ3v) is 8.35. The van der Waals surface area contributed by atoms with Gasteiger partial charge in [-0.2, -0.15) is 0 Å². The van der Waals surface area contributed by atoms with E-state index in [1.54, 1.807) is 55.6 Å². The lowest BCUT2D eigenvalue weighted by Gasteiger charge is -2.08. The van der Waals surface area contributed by atoms with Crippen molar-refractivity contribution >= 4 is 55.2 Å². The van der Waals surface area contributed by atoms with Gasteiger partial charge in [-0.15, -0.1) is 21.5 Å². The van der Waals surface area contributed by atoms with Crippen LogP contribution in [0.5, 0.6) is 0 Å². The minimum absolute atomic E-state index is 0.314. The Bertz CT molecular complexity index is 1480. The van der Waals surface area contributed by atoms with Crippen LogP contribution in [0.15, 0.2) is 64.5 Å². The Hall–Kier alpha value is -4.09. The van der Waals surface area contributed by atoms with Gasteiger partial charge < -0.3 is 30.6 Å². The van der Waals surface area contributed by atoms with Gasteiger partial charge in [0.2, 0.25) is 6.39 Å². The van der Waals surface area contributed by atoms with Crippen LogP contribution in [-0.4, -0.2) is 66.6 Å². The summed E-state index contributed by atoms with van der Waals surface area (Å²) in [6, 6.07) is 10.6. The molecule has 0 bridgehead atoms. The van der Waals surface area contributed by atoms with E-state index in [1.165, 1.54) is 17.5 Å². The molecular weight excluding hydrogens is 718 g/mol. The zero-order valence-corrected chi connectivity index (χ0v) is 30.7. The van der Waals surface area contributed by atoms with Crippen molar-refractivity contribution < 1.29 is 42.9 Å². The molecule has 1 aromatic carbocycles. The topological polar surface area (TPSA) is 240 Å². The summed E-state index contributed by atoms with van der Waals surface area (Å²) >= 11 is 5.03. The second-order valence-corrected chi connectivity index (χ2v) is 14.9. The van der Waals surface area contributed by atoms with E-state index >= 15 is 0 Å². The number of nitrogens with zero attached hydrogens (tertiary/aromatic N) is 4. The van der Waals surface area contributed by atoms with E-state index in [4.69, 9.17) is 40.2 Å². The van der Waals surface area contributed by atoms with Gasteiger partial charge in [0.15, 0.2) is 9.84 Å². The average molecular weight is 763 g/mol. The summed E-state index contributed by atoms with van der Waals surface area (Å²) in [6.07, 6.45) is 0.693. The number of alkyl halides is 1. The van der Waals surface area contributed by atoms with E-state index < -0.39 is 27.4 Å². The summed E-state index contributed by atoms with van der Waals surface area (Å²) in [6.45, 7) is 16.3. The van der Waals surface area contributed by atoms with Gasteiger partial charge in [0, 0.05) is 15.8 Å². The lowest BCUT2D eigenvalue weighted by Crippen LogP contribution is -2.13. The maximum absolute atomic E-state index is 12.0. The second-order valence-electron chi connectivity index (χ2n) is 10.6. The molecular formula is C30H44BrN5O9S2. The quantitative estimate of drug-likeness (QED) is 0.120. The summed E-state index contributed by atoms with van der Waals surface area (Å²) < 4.78 is 29.0. The van der Waals surface area contributed by atoms with Crippen molar-refractivity contribution in [3.63, 3.8) is 0 Å². The van der Waals surface area contributed by atoms with Crippen LogP contribution >= 0.6 is 27.3 Å². The molecule has 0 saturated carbocycles. The largest absolute Gasteiger partial charge is 0.503 e. The Morgan fingerprint density at radius 1 is 0.851 bits per heavy atom. The summed E-state index contributed by atoms with van der Waals surface area (Å²) in [7, 11) is -3.24. The normalized spacial score (nSPS) is 9.96. The SMILES string of the molecule is BrCc1ccc(-c2nnco2)s1.CC(C)C.CC(C)C.CC(C)S(=O)(=O)c1ccc(-c2cnc(N)cn2)cc1.O=C(O)O.O=C(O)O. The highest BCUT2D eigenvalue weighted by molar-refractivity contribution is 9.08. The highest BCUT2D eigenvalue weighted by Crippen LogP contribution is 2.27. The number of carbonyl (C=O) groups is 2. The van der Waals surface area contributed by atoms with E-state index in [9.17, 15) is 8.42 Å². The zero-order valence-electron chi connectivity index (χ0n) is 27.5. The first-order valence-corrected chi connectivity index (χ1v) is 17.4. The van der Waals surface area contributed by atoms with Gasteiger partial charge in [0.1, 0.15) is 5.82 Å². The zero-order chi connectivity index (χ0) is 36.7. The number of anilines is 1. The highest BCUT2D eigenvalue weighted by atomic mass is 79.9. The number of sulfone groups is 1. The van der Waals surface area contributed by atoms with Crippen molar-refractivity contribution in [3.8, 4) is 22.0 Å². The van der Waals surface area contributed by atoms with Gasteiger partial charge >= 0.3 is 12.3 Å². The third kappa shape index (κ3) is 23.0. The number of carboxylic acid groups (broad SMARTS) is 4. The molecule has 4 aromatic rings. The molecule has 262 valence electrons. The molecule has 3 heterocycles. The van der Waals surface area contributed by atoms with Gasteiger partial charge in [-0.05, 0) is 49.9 Å². The van der Waals surface area contributed by atoms with Gasteiger partial charge in [0.05, 0.1) is 33.1 Å². The molecule has 6 N–H and O–H groups in total. The molecule has 17 heteroatoms. The highest BCUT2D eigenvalue weighted by Gasteiger charge is 2.18. The fraction of sp³-hybridized carbons (Fsp3) is 0.400. The standard InChI is InChI=1S/C13H15N3O2S.C7H5BrN2OS.2C4H10.2CH2O3/c1-9(2)19(17,18)11-5-3-10(4-6-11)12-7-16-13(14)8-15-12;8-3-5-1-2-6(12-5)7-10-9-4-11-7;2*1-4(2)3;2*2-1(3)4/h3-9H,1-2H3,(H2,14,16);1-2,4H,3H2;2*4H,1-3H3;2*(H2,2,3,4). The molecule has 0 fully saturated rings. The summed E-state index contributed by atoms with van der Waals surface area (Å²) in [5, 5.41) is 35.7. The van der Waals surface area contributed by atoms with Crippen LogP contribution in [0.2, 0.25) is 0 Å². The number of nitrogens with two attached hydrogens (primary N) is 1. The van der Waals surface area contributed by atoms with E-state index in [0.29, 0.717) is 22.3 Å². The first-order chi connectivity index (χ1) is 21.7. The third-order valence-electron chi connectivity index (χ3n) is 4.14. The Morgan fingerprint density at radius 3 is 1.68 bits per heavy atom. The number of halogens is 1. The summed E-state index contributed by atoms with van der Waals surface area (Å²) in [4.78, 5) is 27.8. The van der Waals surface area contributed by atoms with Crippen LogP contribution in [0, 0.1) is 11.8 Å². The molecule has 0 spiro atoms. The fourth-order valence-corrected chi connectivity index (χ4v) is 4.80. The number of rotatable bonds is 5. The number of nitrogen functional groups attached to an aromatic ring is 1. The van der Waals surface area contributed by atoms with E-state index in [2.05, 4.69) is 77.6 Å². The number of benzene rings is 1. The molecule has 0 saturated heterocycles. The molecule has 0 amide bonds. The predicted octanol–water partition coefficient (Wildman–Crippen LogP) is 8.37. The molecule has 4 rings (SSSR count). The molecule has 0 aliphatic carbocycles. The Morgan fingerprint density at radius 2 is 1.34 bits per heavy atom. The van der Waals surface area contributed by atoms with Gasteiger partial charge in [-0.1, -0.05) is 69.6 Å². The fourth-order valence-electron chi connectivity index (χ4n) is 2.42. The van der Waals surface area contributed by atoms with Crippen molar-refractivity contribution in [1.82, 2.24) is 20.2 Å². The lowest BCUT2D eigenvalue weighted by atomic mass is 10.2. The van der Waals surface area contributed by atoms with Crippen LogP contribution < -0.4 is 5.73 Å². The second kappa shape index (κ2) is 24.1. The minimum atomic E-state index is -3.24. The number of hydrogen-bond donors (Lipinski definition) is 5. The number of aromatic nitrogens is 4. The van der Waals surface area contributed by atoms with E-state index in [-0.39, 0.29) is 0 Å². The molecule has 0 aliphatic rings. The lowest BCUT2D eigenvalue weighted by molar-refractivity contribution is 0.135. The predicted molar refractivity (Wildman–Crippen MR) is 187 cm³/mol. The van der Waals surface area contributed by atoms with Crippen LogP contribution in [0.4, 0.5) is 15.4 Å². The molecule has 0 atom stereocenters. The maximum Gasteiger partial charge on any atom is 0.503 e. The van der Waals surface area contributed by atoms with Crippen LogP contribution in [0.1, 0.15) is 60.3 Å². The number of hydrogen-bond acceptors (Lipinski definition) is 11. The first kappa shape index (κ1) is 45.0. The summed E-state index contributed by atoms with van der Waals surface area (Å²) in [5.41, 5.74) is 6.92. The van der Waals surface area contributed by atoms with Crippen molar-refractivity contribution in [2.75, 3.05) is 5.73 Å². The smallest absolute Gasteiger partial charge is 0.450 e. The van der Waals surface area contributed by atoms with Gasteiger partial charge in [0.25, 0.3) is 5.89 Å². The maximum atomic E-state index is 12.0. The van der Waals surface area contributed by atoms with Crippen molar-refractivity contribution in [2.24, 2.45) is 11.8 Å². The van der Waals surface area contributed by atoms with Crippen LogP contribution in [0.25, 0.3) is 22.0 Å². The molecule has 47 heavy (non-hydrogen) atoms. The summed E-state index contributed by atoms with van der Waals surface area (Å²) in [5.74, 6) is 2.61. The first-order valence-electron chi connectivity index (χ1n) is 13.9. The van der Waals surface area contributed by atoms with Crippen LogP contribution in [-0.2, 0) is 15.2 Å². The van der Waals surface area contributed by atoms with Crippen molar-refractivity contribution in [3.05, 3.63) is 60.1 Å². The Kier molecular flexibility index (Phi) is 23.1. The molecule has 14 nitrogen and oxygen atoms in total. The number of thiophene rings is 1. The van der Waals surface area contributed by atoms with Crippen molar-refractivity contribution in [2.45, 2.75) is 70.9 Å². The average Bonchev–Trinajstić information content (AvgIpc) is 3.65. The Labute approximate surface area is 287 Å². The monoisotopic (exact) mass is 761 g/mol. The van der Waals surface area contributed by atoms with Gasteiger partial charge in [-0.25, -0.2) is 23.0 Å². The van der Waals surface area contributed by atoms with E-state index in [1.807, 2.05) is 12.1 Å². The van der Waals surface area contributed by atoms with Crippen molar-refractivity contribution in [1.29, 1.82) is 0 Å². The van der Waals surface area contributed by atoms with E-state index in [0.717, 1.165) is 27.6 Å². The molecule has 0 radical (unpaired) electrons. The molecule has 3 aromatic heterocycles. The van der Waals surface area contributed by atoms with Crippen LogP contribution in [0.3, 0.4) is 0 Å². The molecule has 0 aliphatic heterocycles.